The number of fused-ring (bicyclic) bond motifs is 1. The second kappa shape index (κ2) is 12.1. The Bertz CT molecular complexity index is 1570. The number of rotatable bonds is 9. The van der Waals surface area contributed by atoms with Gasteiger partial charge in [-0.15, -0.1) is 0 Å². The van der Waals surface area contributed by atoms with E-state index in [0.29, 0.717) is 23.1 Å². The number of pyridine rings is 2. The maximum atomic E-state index is 14.1. The predicted molar refractivity (Wildman–Crippen MR) is 152 cm³/mol. The topological polar surface area (TPSA) is 81.2 Å². The first-order valence-corrected chi connectivity index (χ1v) is 13.0. The molecule has 0 radical (unpaired) electrons. The van der Waals surface area contributed by atoms with Gasteiger partial charge in [0.15, 0.2) is 6.04 Å². The zero-order valence-corrected chi connectivity index (χ0v) is 21.7. The molecule has 0 bridgehead atoms. The van der Waals surface area contributed by atoms with Crippen LogP contribution in [-0.4, -0.2) is 29.0 Å². The van der Waals surface area contributed by atoms with Crippen molar-refractivity contribution in [2.45, 2.75) is 25.3 Å². The molecule has 0 aliphatic heterocycles. The molecule has 0 saturated heterocycles. The number of aromatic nitrogens is 2. The first kappa shape index (κ1) is 25.8. The number of hydrogen-bond acceptors (Lipinski definition) is 5. The van der Waals surface area contributed by atoms with Gasteiger partial charge >= 0.3 is 5.97 Å². The van der Waals surface area contributed by atoms with Crippen molar-refractivity contribution in [1.82, 2.24) is 15.3 Å². The van der Waals surface area contributed by atoms with Crippen LogP contribution in [0.3, 0.4) is 0 Å². The van der Waals surface area contributed by atoms with Gasteiger partial charge in [0, 0.05) is 23.3 Å². The molecule has 2 heterocycles. The normalized spacial score (nSPS) is 11.6. The molecule has 0 aliphatic carbocycles. The average molecular weight is 516 g/mol. The van der Waals surface area contributed by atoms with Crippen LogP contribution >= 0.6 is 0 Å². The van der Waals surface area contributed by atoms with E-state index in [0.717, 1.165) is 40.6 Å². The summed E-state index contributed by atoms with van der Waals surface area (Å²) in [5.41, 5.74) is 5.56. The molecule has 1 N–H and O–H groups in total. The summed E-state index contributed by atoms with van der Waals surface area (Å²) in [4.78, 5) is 36.2. The Labute approximate surface area is 227 Å². The molecule has 2 aromatic heterocycles. The molecule has 0 saturated carbocycles. The average Bonchev–Trinajstić information content (AvgIpc) is 3.00. The van der Waals surface area contributed by atoms with E-state index < -0.39 is 12.0 Å². The van der Waals surface area contributed by atoms with E-state index in [-0.39, 0.29) is 5.91 Å². The number of ether oxygens (including phenoxy) is 1. The second-order valence-corrected chi connectivity index (χ2v) is 9.25. The van der Waals surface area contributed by atoms with Crippen molar-refractivity contribution < 1.29 is 14.3 Å². The third-order valence-electron chi connectivity index (χ3n) is 6.73. The number of amides is 1. The Morgan fingerprint density at radius 3 is 2.28 bits per heavy atom. The van der Waals surface area contributed by atoms with Crippen LogP contribution in [0.25, 0.3) is 22.2 Å². The Morgan fingerprint density at radius 2 is 1.56 bits per heavy atom. The lowest BCUT2D eigenvalue weighted by Gasteiger charge is -2.21. The summed E-state index contributed by atoms with van der Waals surface area (Å²) in [5.74, 6) is -0.879. The number of methoxy groups -OCH3 is 1. The van der Waals surface area contributed by atoms with E-state index in [1.54, 1.807) is 18.3 Å². The van der Waals surface area contributed by atoms with Gasteiger partial charge in [-0.2, -0.15) is 0 Å². The van der Waals surface area contributed by atoms with Crippen LogP contribution in [0.5, 0.6) is 0 Å². The summed E-state index contributed by atoms with van der Waals surface area (Å²) in [6.07, 6.45) is 5.85. The molecule has 6 nitrogen and oxygen atoms in total. The fraction of sp³-hybridized carbons (Fsp3) is 0.152. The van der Waals surface area contributed by atoms with Gasteiger partial charge in [-0.3, -0.25) is 9.78 Å². The van der Waals surface area contributed by atoms with Crippen LogP contribution in [0.1, 0.15) is 39.5 Å². The van der Waals surface area contributed by atoms with Gasteiger partial charge < -0.3 is 10.1 Å². The van der Waals surface area contributed by atoms with Crippen molar-refractivity contribution in [1.29, 1.82) is 0 Å². The smallest absolute Gasteiger partial charge is 0.333 e. The third kappa shape index (κ3) is 5.85. The van der Waals surface area contributed by atoms with Gasteiger partial charge in [-0.05, 0) is 48.1 Å². The Balaban J connectivity index is 1.61. The van der Waals surface area contributed by atoms with E-state index in [1.165, 1.54) is 7.11 Å². The summed E-state index contributed by atoms with van der Waals surface area (Å²) in [7, 11) is 1.32. The number of esters is 1. The maximum absolute atomic E-state index is 14.1. The number of para-hydroxylation sites is 1. The number of nitrogens with one attached hydrogen (secondary N) is 1. The van der Waals surface area contributed by atoms with Crippen LogP contribution in [0.2, 0.25) is 0 Å². The maximum Gasteiger partial charge on any atom is 0.333 e. The summed E-state index contributed by atoms with van der Waals surface area (Å²) < 4.78 is 5.06. The van der Waals surface area contributed by atoms with Crippen molar-refractivity contribution >= 4 is 22.8 Å². The van der Waals surface area contributed by atoms with Gasteiger partial charge in [-0.25, -0.2) is 9.78 Å². The fourth-order valence-electron chi connectivity index (χ4n) is 4.85. The van der Waals surface area contributed by atoms with E-state index in [2.05, 4.69) is 16.4 Å². The first-order valence-electron chi connectivity index (χ1n) is 13.0. The molecule has 5 aromatic rings. The number of nitrogens with zero attached hydrogens (tertiary/aromatic N) is 2. The van der Waals surface area contributed by atoms with E-state index in [4.69, 9.17) is 9.72 Å². The summed E-state index contributed by atoms with van der Waals surface area (Å²) >= 11 is 0. The lowest BCUT2D eigenvalue weighted by atomic mass is 9.92. The third-order valence-corrected chi connectivity index (χ3v) is 6.73. The predicted octanol–water partition coefficient (Wildman–Crippen LogP) is 6.12. The van der Waals surface area contributed by atoms with Gasteiger partial charge in [0.1, 0.15) is 0 Å². The van der Waals surface area contributed by atoms with Gasteiger partial charge in [0.05, 0.1) is 23.9 Å². The number of hydrogen-bond donors (Lipinski definition) is 1. The zero-order chi connectivity index (χ0) is 27.0. The Kier molecular flexibility index (Phi) is 8.03. The SMILES string of the molecule is COC(=O)C(NC(=O)c1c(CCCc2cccnc2)c(-c2ccccc2)nc2ccccc12)c1ccccc1. The number of aryl methyl sites for hydroxylation is 1. The minimum absolute atomic E-state index is 0.346. The summed E-state index contributed by atoms with van der Waals surface area (Å²) in [6.45, 7) is 0. The number of carbonyl (C=O) groups excluding carboxylic acids is 2. The van der Waals surface area contributed by atoms with Crippen molar-refractivity contribution in [3.8, 4) is 11.3 Å². The van der Waals surface area contributed by atoms with Crippen LogP contribution in [-0.2, 0) is 22.4 Å². The molecule has 0 spiro atoms. The fourth-order valence-corrected chi connectivity index (χ4v) is 4.85. The highest BCUT2D eigenvalue weighted by molar-refractivity contribution is 6.10. The minimum Gasteiger partial charge on any atom is -0.467 e. The van der Waals surface area contributed by atoms with E-state index >= 15 is 0 Å². The Hall–Kier alpha value is -4.84. The molecular weight excluding hydrogens is 486 g/mol. The highest BCUT2D eigenvalue weighted by Crippen LogP contribution is 2.32. The van der Waals surface area contributed by atoms with Crippen molar-refractivity contribution in [3.05, 3.63) is 132 Å². The standard InChI is InChI=1S/C33H29N3O3/c1-39-33(38)31(25-16-6-3-7-17-25)36-32(37)29-26-18-8-9-20-28(26)35-30(24-14-4-2-5-15-24)27(29)19-10-12-23-13-11-21-34-22-23/h2-9,11,13-18,20-22,31H,10,12,19H2,1H3,(H,36,37). The van der Waals surface area contributed by atoms with E-state index in [9.17, 15) is 9.59 Å². The highest BCUT2D eigenvalue weighted by atomic mass is 16.5. The highest BCUT2D eigenvalue weighted by Gasteiger charge is 2.27. The number of carbonyl (C=O) groups is 2. The summed E-state index contributed by atoms with van der Waals surface area (Å²) in [6, 6.07) is 29.7. The zero-order valence-electron chi connectivity index (χ0n) is 21.7. The van der Waals surface area contributed by atoms with Crippen molar-refractivity contribution in [2.75, 3.05) is 7.11 Å². The molecular formula is C33H29N3O3. The second-order valence-electron chi connectivity index (χ2n) is 9.25. The van der Waals surface area contributed by atoms with Crippen LogP contribution in [0, 0.1) is 0 Å². The molecule has 0 fully saturated rings. The van der Waals surface area contributed by atoms with Crippen LogP contribution in [0.4, 0.5) is 0 Å². The number of benzene rings is 3. The van der Waals surface area contributed by atoms with Crippen molar-refractivity contribution in [3.63, 3.8) is 0 Å². The molecule has 6 heteroatoms. The van der Waals surface area contributed by atoms with Crippen LogP contribution < -0.4 is 5.32 Å². The minimum atomic E-state index is -0.945. The van der Waals surface area contributed by atoms with Gasteiger partial charge in [0.25, 0.3) is 5.91 Å². The van der Waals surface area contributed by atoms with Crippen LogP contribution in [0.15, 0.2) is 109 Å². The molecule has 0 aliphatic rings. The van der Waals surface area contributed by atoms with Crippen molar-refractivity contribution in [2.24, 2.45) is 0 Å². The molecule has 194 valence electrons. The Morgan fingerprint density at radius 1 is 0.846 bits per heavy atom. The molecule has 39 heavy (non-hydrogen) atoms. The molecule has 1 unspecified atom stereocenters. The van der Waals surface area contributed by atoms with Gasteiger partial charge in [-0.1, -0.05) is 84.9 Å². The van der Waals surface area contributed by atoms with Gasteiger partial charge in [0.2, 0.25) is 0 Å². The molecule has 1 amide bonds. The largest absolute Gasteiger partial charge is 0.467 e. The molecule has 3 aromatic carbocycles. The monoisotopic (exact) mass is 515 g/mol. The molecule has 5 rings (SSSR count). The first-order chi connectivity index (χ1) is 19.2. The lowest BCUT2D eigenvalue weighted by Crippen LogP contribution is -2.35. The molecule has 1 atom stereocenters. The van der Waals surface area contributed by atoms with E-state index in [1.807, 2.05) is 85.1 Å². The summed E-state index contributed by atoms with van der Waals surface area (Å²) in [5, 5.41) is 3.71. The lowest BCUT2D eigenvalue weighted by molar-refractivity contribution is -0.143. The quantitative estimate of drug-likeness (QED) is 0.239.